The van der Waals surface area contributed by atoms with E-state index in [9.17, 15) is 4.79 Å². The fourth-order valence-electron chi connectivity index (χ4n) is 1.93. The summed E-state index contributed by atoms with van der Waals surface area (Å²) in [7, 11) is 0. The van der Waals surface area contributed by atoms with Crippen LogP contribution in [0.2, 0.25) is 0 Å². The van der Waals surface area contributed by atoms with Crippen molar-refractivity contribution in [2.45, 2.75) is 0 Å². The first kappa shape index (κ1) is 12.0. The molecule has 3 aromatic rings. The Labute approximate surface area is 114 Å². The minimum atomic E-state index is -0.573. The number of carbonyl (C=O) groups is 1. The van der Waals surface area contributed by atoms with Gasteiger partial charge in [-0.1, -0.05) is 0 Å². The molecule has 2 heterocycles. The number of fused-ring (bicyclic) bond motifs is 1. The van der Waals surface area contributed by atoms with Crippen LogP contribution in [0.15, 0.2) is 42.7 Å². The van der Waals surface area contributed by atoms with Gasteiger partial charge in [0.1, 0.15) is 17.1 Å². The number of hydrogen-bond acceptors (Lipinski definition) is 4. The average Bonchev–Trinajstić information content (AvgIpc) is 2.85. The number of aromatic nitrogens is 2. The highest BCUT2D eigenvalue weighted by atomic mass is 16.5. The molecule has 1 amide bonds. The van der Waals surface area contributed by atoms with E-state index < -0.39 is 5.91 Å². The van der Waals surface area contributed by atoms with Crippen molar-refractivity contribution in [2.24, 2.45) is 5.73 Å². The summed E-state index contributed by atoms with van der Waals surface area (Å²) in [6.07, 6.45) is 3.35. The number of H-pyrrole nitrogens is 1. The summed E-state index contributed by atoms with van der Waals surface area (Å²) in [5.74, 6) is 0.245. The Morgan fingerprint density at radius 3 is 2.90 bits per heavy atom. The van der Waals surface area contributed by atoms with Crippen molar-refractivity contribution < 1.29 is 9.53 Å². The number of ether oxygens (including phenoxy) is 1. The van der Waals surface area contributed by atoms with E-state index in [1.54, 1.807) is 24.5 Å². The smallest absolute Gasteiger partial charge is 0.252 e. The van der Waals surface area contributed by atoms with Crippen LogP contribution < -0.4 is 16.2 Å². The van der Waals surface area contributed by atoms with E-state index in [0.717, 1.165) is 11.0 Å². The second-order valence-corrected chi connectivity index (χ2v) is 4.31. The van der Waals surface area contributed by atoms with Crippen LogP contribution in [-0.2, 0) is 0 Å². The van der Waals surface area contributed by atoms with Gasteiger partial charge in [-0.05, 0) is 24.3 Å². The van der Waals surface area contributed by atoms with Gasteiger partial charge >= 0.3 is 0 Å². The number of pyridine rings is 1. The Morgan fingerprint density at radius 2 is 2.10 bits per heavy atom. The van der Waals surface area contributed by atoms with Crippen LogP contribution in [0, 0.1) is 0 Å². The van der Waals surface area contributed by atoms with E-state index in [2.05, 4.69) is 9.97 Å². The molecule has 100 valence electrons. The third-order valence-electron chi connectivity index (χ3n) is 2.87. The summed E-state index contributed by atoms with van der Waals surface area (Å²) in [5.41, 5.74) is 12.5. The summed E-state index contributed by atoms with van der Waals surface area (Å²) in [4.78, 5) is 18.6. The van der Waals surface area contributed by atoms with Crippen LogP contribution in [0.1, 0.15) is 10.4 Å². The number of primary amides is 1. The average molecular weight is 268 g/mol. The van der Waals surface area contributed by atoms with Gasteiger partial charge in [0.15, 0.2) is 0 Å². The van der Waals surface area contributed by atoms with Gasteiger partial charge in [-0.25, -0.2) is 4.98 Å². The Kier molecular flexibility index (Phi) is 2.76. The number of amides is 1. The molecule has 0 aliphatic rings. The lowest BCUT2D eigenvalue weighted by Crippen LogP contribution is -2.12. The molecular formula is C14H12N4O2. The second-order valence-electron chi connectivity index (χ2n) is 4.31. The predicted molar refractivity (Wildman–Crippen MR) is 75.5 cm³/mol. The molecule has 6 heteroatoms. The number of aromatic amines is 1. The first-order valence-electron chi connectivity index (χ1n) is 5.94. The molecule has 0 aliphatic carbocycles. The minimum absolute atomic E-state index is 0.272. The molecule has 0 unspecified atom stereocenters. The van der Waals surface area contributed by atoms with Gasteiger partial charge in [0.05, 0.1) is 11.8 Å². The molecule has 1 aromatic carbocycles. The molecule has 0 spiro atoms. The number of nitrogen functional groups attached to an aromatic ring is 1. The number of nitrogens with zero attached hydrogens (tertiary/aromatic N) is 1. The lowest BCUT2D eigenvalue weighted by Gasteiger charge is -2.09. The van der Waals surface area contributed by atoms with E-state index in [4.69, 9.17) is 16.2 Å². The Bertz CT molecular complexity index is 795. The summed E-state index contributed by atoms with van der Waals surface area (Å²) < 4.78 is 5.67. The number of carbonyl (C=O) groups excluding carboxylic acids is 1. The van der Waals surface area contributed by atoms with Gasteiger partial charge in [0.2, 0.25) is 0 Å². The number of anilines is 1. The van der Waals surface area contributed by atoms with Gasteiger partial charge in [-0.2, -0.15) is 0 Å². The van der Waals surface area contributed by atoms with Crippen molar-refractivity contribution >= 4 is 22.6 Å². The Morgan fingerprint density at radius 1 is 1.25 bits per heavy atom. The molecule has 0 aliphatic heterocycles. The molecule has 20 heavy (non-hydrogen) atoms. The zero-order valence-corrected chi connectivity index (χ0v) is 10.5. The standard InChI is InChI=1S/C14H12N4O2/c15-9-1-2-11(13(16)19)12(6-9)20-10-5-8-3-4-17-14(8)18-7-10/h1-7H,15H2,(H2,16,19)(H,17,18). The third kappa shape index (κ3) is 2.14. The van der Waals surface area contributed by atoms with Crippen molar-refractivity contribution in [1.82, 2.24) is 9.97 Å². The molecule has 3 rings (SSSR count). The van der Waals surface area contributed by atoms with Crippen molar-refractivity contribution in [2.75, 3.05) is 5.73 Å². The molecule has 0 saturated heterocycles. The molecule has 2 aromatic heterocycles. The Balaban J connectivity index is 2.01. The van der Waals surface area contributed by atoms with Crippen molar-refractivity contribution in [3.63, 3.8) is 0 Å². The van der Waals surface area contributed by atoms with Crippen molar-refractivity contribution in [3.05, 3.63) is 48.3 Å². The lowest BCUT2D eigenvalue weighted by atomic mass is 10.1. The third-order valence-corrected chi connectivity index (χ3v) is 2.87. The zero-order valence-electron chi connectivity index (χ0n) is 10.5. The van der Waals surface area contributed by atoms with E-state index in [1.165, 1.54) is 6.07 Å². The fraction of sp³-hybridized carbons (Fsp3) is 0. The SMILES string of the molecule is NC(=O)c1ccc(N)cc1Oc1cnc2[nH]ccc2c1. The van der Waals surface area contributed by atoms with E-state index in [1.807, 2.05) is 12.1 Å². The van der Waals surface area contributed by atoms with Gasteiger partial charge < -0.3 is 21.2 Å². The summed E-state index contributed by atoms with van der Waals surface area (Å²) in [6.45, 7) is 0. The zero-order chi connectivity index (χ0) is 14.1. The summed E-state index contributed by atoms with van der Waals surface area (Å²) in [6, 6.07) is 8.38. The van der Waals surface area contributed by atoms with E-state index in [0.29, 0.717) is 17.2 Å². The normalized spacial score (nSPS) is 10.6. The number of nitrogens with two attached hydrogens (primary N) is 2. The van der Waals surface area contributed by atoms with Crippen molar-refractivity contribution in [3.8, 4) is 11.5 Å². The Hall–Kier alpha value is -3.02. The molecular weight excluding hydrogens is 256 g/mol. The lowest BCUT2D eigenvalue weighted by molar-refractivity contribution is 0.0998. The maximum Gasteiger partial charge on any atom is 0.252 e. The molecule has 0 fully saturated rings. The molecule has 0 atom stereocenters. The highest BCUT2D eigenvalue weighted by Gasteiger charge is 2.11. The maximum absolute atomic E-state index is 11.4. The van der Waals surface area contributed by atoms with Gasteiger partial charge in [0, 0.05) is 23.3 Å². The van der Waals surface area contributed by atoms with Crippen molar-refractivity contribution in [1.29, 1.82) is 0 Å². The number of nitrogens with one attached hydrogen (secondary N) is 1. The van der Waals surface area contributed by atoms with Crippen LogP contribution in [0.3, 0.4) is 0 Å². The van der Waals surface area contributed by atoms with Crippen LogP contribution >= 0.6 is 0 Å². The van der Waals surface area contributed by atoms with Gasteiger partial charge in [-0.15, -0.1) is 0 Å². The van der Waals surface area contributed by atoms with Gasteiger partial charge in [0.25, 0.3) is 5.91 Å². The highest BCUT2D eigenvalue weighted by Crippen LogP contribution is 2.28. The summed E-state index contributed by atoms with van der Waals surface area (Å²) in [5, 5.41) is 0.909. The van der Waals surface area contributed by atoms with Crippen LogP contribution in [0.5, 0.6) is 11.5 Å². The molecule has 6 nitrogen and oxygen atoms in total. The highest BCUT2D eigenvalue weighted by molar-refractivity contribution is 5.96. The first-order chi connectivity index (χ1) is 9.63. The van der Waals surface area contributed by atoms with Crippen LogP contribution in [-0.4, -0.2) is 15.9 Å². The van der Waals surface area contributed by atoms with E-state index in [-0.39, 0.29) is 5.56 Å². The number of rotatable bonds is 3. The van der Waals surface area contributed by atoms with Crippen LogP contribution in [0.4, 0.5) is 5.69 Å². The first-order valence-corrected chi connectivity index (χ1v) is 5.94. The molecule has 0 radical (unpaired) electrons. The second kappa shape index (κ2) is 4.58. The van der Waals surface area contributed by atoms with E-state index >= 15 is 0 Å². The largest absolute Gasteiger partial charge is 0.455 e. The summed E-state index contributed by atoms with van der Waals surface area (Å²) >= 11 is 0. The molecule has 0 saturated carbocycles. The fourth-order valence-corrected chi connectivity index (χ4v) is 1.93. The quantitative estimate of drug-likeness (QED) is 0.632. The van der Waals surface area contributed by atoms with Crippen LogP contribution in [0.25, 0.3) is 11.0 Å². The van der Waals surface area contributed by atoms with Gasteiger partial charge in [-0.3, -0.25) is 4.79 Å². The minimum Gasteiger partial charge on any atom is -0.455 e. The predicted octanol–water partition coefficient (Wildman–Crippen LogP) is 2.04. The molecule has 0 bridgehead atoms. The maximum atomic E-state index is 11.4. The number of benzene rings is 1. The topological polar surface area (TPSA) is 107 Å². The monoisotopic (exact) mass is 268 g/mol. The number of hydrogen-bond donors (Lipinski definition) is 3. The molecule has 5 N–H and O–H groups in total.